The molecule has 0 aliphatic heterocycles. The standard InChI is InChI=1S/C10H10N2O2S/c1-13-9-4-3-7(5-10(9)14-2)8-6-15-12-11-8/h3-6H,1-2H3. The average Bonchev–Trinajstić information content (AvgIpc) is 2.81. The molecular weight excluding hydrogens is 212 g/mol. The summed E-state index contributed by atoms with van der Waals surface area (Å²) in [7, 11) is 3.23. The molecule has 5 heteroatoms. The van der Waals surface area contributed by atoms with E-state index in [2.05, 4.69) is 9.59 Å². The van der Waals surface area contributed by atoms with Gasteiger partial charge >= 0.3 is 0 Å². The number of rotatable bonds is 3. The summed E-state index contributed by atoms with van der Waals surface area (Å²) in [5.41, 5.74) is 1.82. The molecule has 2 rings (SSSR count). The lowest BCUT2D eigenvalue weighted by Crippen LogP contribution is -1.90. The molecule has 1 aromatic carbocycles. The van der Waals surface area contributed by atoms with Gasteiger partial charge in [-0.05, 0) is 29.7 Å². The predicted molar refractivity (Wildman–Crippen MR) is 58.4 cm³/mol. The Labute approximate surface area is 91.6 Å². The van der Waals surface area contributed by atoms with E-state index in [0.29, 0.717) is 11.5 Å². The minimum atomic E-state index is 0.697. The van der Waals surface area contributed by atoms with Crippen molar-refractivity contribution in [3.05, 3.63) is 23.6 Å². The van der Waals surface area contributed by atoms with Gasteiger partial charge in [0, 0.05) is 10.9 Å². The molecule has 0 saturated carbocycles. The number of ether oxygens (including phenoxy) is 2. The first-order chi connectivity index (χ1) is 7.35. The highest BCUT2D eigenvalue weighted by molar-refractivity contribution is 7.03. The Morgan fingerprint density at radius 3 is 2.53 bits per heavy atom. The molecule has 0 aliphatic carbocycles. The molecule has 0 saturated heterocycles. The topological polar surface area (TPSA) is 44.2 Å². The maximum atomic E-state index is 5.21. The van der Waals surface area contributed by atoms with E-state index in [0.717, 1.165) is 11.3 Å². The van der Waals surface area contributed by atoms with E-state index in [-0.39, 0.29) is 0 Å². The van der Waals surface area contributed by atoms with Gasteiger partial charge in [0.25, 0.3) is 0 Å². The summed E-state index contributed by atoms with van der Waals surface area (Å²) in [4.78, 5) is 0. The lowest BCUT2D eigenvalue weighted by Gasteiger charge is -2.07. The quantitative estimate of drug-likeness (QED) is 0.798. The normalized spacial score (nSPS) is 10.0. The Kier molecular flexibility index (Phi) is 2.82. The predicted octanol–water partition coefficient (Wildman–Crippen LogP) is 2.22. The van der Waals surface area contributed by atoms with E-state index in [1.54, 1.807) is 14.2 Å². The zero-order chi connectivity index (χ0) is 10.7. The van der Waals surface area contributed by atoms with Crippen LogP contribution in [-0.2, 0) is 0 Å². The molecule has 0 N–H and O–H groups in total. The zero-order valence-corrected chi connectivity index (χ0v) is 9.25. The Bertz CT molecular complexity index is 443. The summed E-state index contributed by atoms with van der Waals surface area (Å²) in [6.07, 6.45) is 0. The minimum Gasteiger partial charge on any atom is -0.493 e. The van der Waals surface area contributed by atoms with Crippen LogP contribution in [0.1, 0.15) is 0 Å². The van der Waals surface area contributed by atoms with Crippen molar-refractivity contribution < 1.29 is 9.47 Å². The first-order valence-corrected chi connectivity index (χ1v) is 5.18. The number of methoxy groups -OCH3 is 2. The molecule has 0 aliphatic rings. The third-order valence-electron chi connectivity index (χ3n) is 2.04. The number of hydrogen-bond donors (Lipinski definition) is 0. The highest BCUT2D eigenvalue weighted by Crippen LogP contribution is 2.31. The van der Waals surface area contributed by atoms with Crippen molar-refractivity contribution in [3.8, 4) is 22.8 Å². The van der Waals surface area contributed by atoms with Crippen LogP contribution in [0.3, 0.4) is 0 Å². The summed E-state index contributed by atoms with van der Waals surface area (Å²) < 4.78 is 14.2. The van der Waals surface area contributed by atoms with Crippen LogP contribution in [0.4, 0.5) is 0 Å². The molecule has 2 aromatic rings. The van der Waals surface area contributed by atoms with Gasteiger partial charge in [-0.2, -0.15) is 0 Å². The number of aromatic nitrogens is 2. The highest BCUT2D eigenvalue weighted by Gasteiger charge is 2.07. The van der Waals surface area contributed by atoms with E-state index in [9.17, 15) is 0 Å². The van der Waals surface area contributed by atoms with Crippen molar-refractivity contribution >= 4 is 11.5 Å². The summed E-state index contributed by atoms with van der Waals surface area (Å²) >= 11 is 1.32. The van der Waals surface area contributed by atoms with Crippen LogP contribution >= 0.6 is 11.5 Å². The Balaban J connectivity index is 2.43. The molecule has 0 fully saturated rings. The van der Waals surface area contributed by atoms with E-state index in [1.807, 2.05) is 23.6 Å². The minimum absolute atomic E-state index is 0.697. The fraction of sp³-hybridized carbons (Fsp3) is 0.200. The zero-order valence-electron chi connectivity index (χ0n) is 8.43. The van der Waals surface area contributed by atoms with E-state index < -0.39 is 0 Å². The van der Waals surface area contributed by atoms with Gasteiger partial charge in [-0.3, -0.25) is 0 Å². The maximum Gasteiger partial charge on any atom is 0.161 e. The average molecular weight is 222 g/mol. The van der Waals surface area contributed by atoms with E-state index >= 15 is 0 Å². The molecule has 1 heterocycles. The van der Waals surface area contributed by atoms with Gasteiger partial charge in [0.1, 0.15) is 5.69 Å². The number of hydrogen-bond acceptors (Lipinski definition) is 5. The third kappa shape index (κ3) is 1.92. The molecule has 15 heavy (non-hydrogen) atoms. The van der Waals surface area contributed by atoms with Crippen LogP contribution in [0.25, 0.3) is 11.3 Å². The van der Waals surface area contributed by atoms with E-state index in [4.69, 9.17) is 9.47 Å². The number of benzene rings is 1. The molecule has 0 radical (unpaired) electrons. The summed E-state index contributed by atoms with van der Waals surface area (Å²) in [5, 5.41) is 5.88. The van der Waals surface area contributed by atoms with Gasteiger partial charge in [-0.25, -0.2) is 0 Å². The molecule has 1 aromatic heterocycles. The van der Waals surface area contributed by atoms with Crippen molar-refractivity contribution in [2.24, 2.45) is 0 Å². The largest absolute Gasteiger partial charge is 0.493 e. The molecule has 0 atom stereocenters. The lowest BCUT2D eigenvalue weighted by molar-refractivity contribution is 0.355. The lowest BCUT2D eigenvalue weighted by atomic mass is 10.1. The fourth-order valence-electron chi connectivity index (χ4n) is 1.29. The van der Waals surface area contributed by atoms with Crippen molar-refractivity contribution in [2.75, 3.05) is 14.2 Å². The molecule has 0 amide bonds. The molecule has 4 nitrogen and oxygen atoms in total. The first kappa shape index (κ1) is 9.92. The van der Waals surface area contributed by atoms with Gasteiger partial charge in [0.05, 0.1) is 14.2 Å². The fourth-order valence-corrected chi connectivity index (χ4v) is 1.75. The second kappa shape index (κ2) is 4.27. The van der Waals surface area contributed by atoms with Crippen molar-refractivity contribution in [1.82, 2.24) is 9.59 Å². The van der Waals surface area contributed by atoms with Crippen LogP contribution < -0.4 is 9.47 Å². The van der Waals surface area contributed by atoms with Gasteiger partial charge in [-0.15, -0.1) is 5.10 Å². The van der Waals surface area contributed by atoms with Crippen molar-refractivity contribution in [2.45, 2.75) is 0 Å². The van der Waals surface area contributed by atoms with Gasteiger partial charge < -0.3 is 9.47 Å². The Morgan fingerprint density at radius 2 is 1.93 bits per heavy atom. The van der Waals surface area contributed by atoms with E-state index in [1.165, 1.54) is 11.5 Å². The highest BCUT2D eigenvalue weighted by atomic mass is 32.1. The second-order valence-electron chi connectivity index (χ2n) is 2.86. The smallest absolute Gasteiger partial charge is 0.161 e. The maximum absolute atomic E-state index is 5.21. The van der Waals surface area contributed by atoms with Crippen LogP contribution in [0.5, 0.6) is 11.5 Å². The van der Waals surface area contributed by atoms with Crippen LogP contribution in [0.15, 0.2) is 23.6 Å². The molecule has 78 valence electrons. The summed E-state index contributed by atoms with van der Waals surface area (Å²) in [6, 6.07) is 5.67. The van der Waals surface area contributed by atoms with Gasteiger partial charge in [0.2, 0.25) is 0 Å². The van der Waals surface area contributed by atoms with Crippen LogP contribution in [0, 0.1) is 0 Å². The molecule has 0 bridgehead atoms. The third-order valence-corrected chi connectivity index (χ3v) is 2.54. The molecule has 0 spiro atoms. The van der Waals surface area contributed by atoms with Crippen molar-refractivity contribution in [1.29, 1.82) is 0 Å². The monoisotopic (exact) mass is 222 g/mol. The van der Waals surface area contributed by atoms with Crippen molar-refractivity contribution in [3.63, 3.8) is 0 Å². The Hall–Kier alpha value is -1.62. The SMILES string of the molecule is COc1ccc(-c2csnn2)cc1OC. The van der Waals surface area contributed by atoms with Gasteiger partial charge in [-0.1, -0.05) is 4.49 Å². The second-order valence-corrected chi connectivity index (χ2v) is 3.47. The van der Waals surface area contributed by atoms with Crippen LogP contribution in [0.2, 0.25) is 0 Å². The Morgan fingerprint density at radius 1 is 1.13 bits per heavy atom. The molecular formula is C10H10N2O2S. The molecule has 0 unspecified atom stereocenters. The van der Waals surface area contributed by atoms with Crippen LogP contribution in [-0.4, -0.2) is 23.8 Å². The first-order valence-electron chi connectivity index (χ1n) is 4.34. The van der Waals surface area contributed by atoms with Gasteiger partial charge in [0.15, 0.2) is 11.5 Å². The summed E-state index contributed by atoms with van der Waals surface area (Å²) in [5.74, 6) is 1.41. The summed E-state index contributed by atoms with van der Waals surface area (Å²) in [6.45, 7) is 0. The number of nitrogens with zero attached hydrogens (tertiary/aromatic N) is 2.